The molecule has 0 unspecified atom stereocenters. The average Bonchev–Trinajstić information content (AvgIpc) is 2.71. The molecule has 1 saturated heterocycles. The molecule has 4 rings (SSSR count). The van der Waals surface area contributed by atoms with Crippen LogP contribution >= 0.6 is 11.6 Å². The second-order valence-corrected chi connectivity index (χ2v) is 10.1. The summed E-state index contributed by atoms with van der Waals surface area (Å²) >= 11 is 5.77. The van der Waals surface area contributed by atoms with Crippen LogP contribution in [-0.4, -0.2) is 53.2 Å². The first-order chi connectivity index (χ1) is 15.8. The Kier molecular flexibility index (Phi) is 5.91. The van der Waals surface area contributed by atoms with E-state index in [1.54, 1.807) is 27.7 Å². The van der Waals surface area contributed by atoms with Crippen molar-refractivity contribution in [3.05, 3.63) is 57.5 Å². The summed E-state index contributed by atoms with van der Waals surface area (Å²) in [5.41, 5.74) is -2.20. The first-order valence-corrected chi connectivity index (χ1v) is 11.0. The van der Waals surface area contributed by atoms with Gasteiger partial charge in [0.15, 0.2) is 11.6 Å². The zero-order valence-corrected chi connectivity index (χ0v) is 19.8. The van der Waals surface area contributed by atoms with Crippen molar-refractivity contribution in [1.82, 2.24) is 15.2 Å². The number of rotatable bonds is 3. The first kappa shape index (κ1) is 24.1. The Morgan fingerprint density at radius 3 is 2.59 bits per heavy atom. The van der Waals surface area contributed by atoms with Gasteiger partial charge in [0.05, 0.1) is 11.6 Å². The van der Waals surface area contributed by atoms with E-state index < -0.39 is 45.5 Å². The third kappa shape index (κ3) is 4.15. The molecule has 182 valence electrons. The fourth-order valence-electron chi connectivity index (χ4n) is 4.16. The van der Waals surface area contributed by atoms with Gasteiger partial charge in [-0.15, -0.1) is 0 Å². The number of likely N-dealkylation sites (tertiary alicyclic amines) is 1. The molecule has 2 aliphatic rings. The fourth-order valence-corrected chi connectivity index (χ4v) is 4.33. The Labute approximate surface area is 199 Å². The maximum Gasteiger partial charge on any atom is 0.410 e. The number of carbonyl (C=O) groups is 2. The number of ether oxygens (including phenoxy) is 1. The summed E-state index contributed by atoms with van der Waals surface area (Å²) in [7, 11) is 0. The molecule has 0 bridgehead atoms. The van der Waals surface area contributed by atoms with Gasteiger partial charge in [0.1, 0.15) is 22.3 Å². The Morgan fingerprint density at radius 2 is 1.94 bits per heavy atom. The van der Waals surface area contributed by atoms with Gasteiger partial charge in [-0.1, -0.05) is 17.7 Å². The van der Waals surface area contributed by atoms with E-state index >= 15 is 4.39 Å². The topological polar surface area (TPSA) is 83.6 Å². The van der Waals surface area contributed by atoms with Gasteiger partial charge in [-0.2, -0.15) is 0 Å². The van der Waals surface area contributed by atoms with Crippen molar-refractivity contribution < 1.29 is 27.5 Å². The molecular weight excluding hydrogens is 473 g/mol. The molecule has 0 radical (unpaired) electrons. The summed E-state index contributed by atoms with van der Waals surface area (Å²) in [5.74, 6) is -3.49. The second-order valence-electron chi connectivity index (χ2n) is 9.67. The SMILES string of the molecule is CC(C)(C)OC(=O)N1CC(Nc2ncc3c(c2F)[C@@](C)(c2ccc(F)c(Cl)c2F)CNC3=O)C1. The molecule has 0 aliphatic carbocycles. The fraction of sp³-hybridized carbons (Fsp3) is 0.435. The number of hydrogen-bond acceptors (Lipinski definition) is 5. The number of halogens is 4. The predicted octanol–water partition coefficient (Wildman–Crippen LogP) is 4.23. The lowest BCUT2D eigenvalue weighted by Crippen LogP contribution is -2.58. The highest BCUT2D eigenvalue weighted by molar-refractivity contribution is 6.31. The number of amides is 2. The minimum atomic E-state index is -1.38. The number of aromatic nitrogens is 1. The summed E-state index contributed by atoms with van der Waals surface area (Å²) in [6.45, 7) is 7.23. The van der Waals surface area contributed by atoms with Gasteiger partial charge in [-0.05, 0) is 33.8 Å². The summed E-state index contributed by atoms with van der Waals surface area (Å²) < 4.78 is 49.8. The van der Waals surface area contributed by atoms with Crippen LogP contribution in [0.2, 0.25) is 5.02 Å². The quantitative estimate of drug-likeness (QED) is 0.621. The van der Waals surface area contributed by atoms with E-state index in [4.69, 9.17) is 16.3 Å². The predicted molar refractivity (Wildman–Crippen MR) is 120 cm³/mol. The molecule has 2 aliphatic heterocycles. The van der Waals surface area contributed by atoms with Crippen LogP contribution in [0.4, 0.5) is 23.8 Å². The van der Waals surface area contributed by atoms with Crippen LogP contribution < -0.4 is 10.6 Å². The zero-order chi connectivity index (χ0) is 25.0. The van der Waals surface area contributed by atoms with Crippen molar-refractivity contribution in [2.75, 3.05) is 25.0 Å². The largest absolute Gasteiger partial charge is 0.444 e. The van der Waals surface area contributed by atoms with Gasteiger partial charge in [0.2, 0.25) is 0 Å². The lowest BCUT2D eigenvalue weighted by Gasteiger charge is -2.41. The molecule has 1 aromatic carbocycles. The Morgan fingerprint density at radius 1 is 1.26 bits per heavy atom. The van der Waals surface area contributed by atoms with Crippen molar-refractivity contribution in [2.24, 2.45) is 0 Å². The van der Waals surface area contributed by atoms with Gasteiger partial charge in [-0.3, -0.25) is 4.79 Å². The number of carbonyl (C=O) groups excluding carboxylic acids is 2. The summed E-state index contributed by atoms with van der Waals surface area (Å²) in [6, 6.07) is 1.89. The van der Waals surface area contributed by atoms with Gasteiger partial charge >= 0.3 is 6.09 Å². The molecule has 0 saturated carbocycles. The standard InChI is InChI=1S/C23H24ClF3N4O3/c1-22(2,3)34-21(33)31-8-11(9-31)30-19-18(27)15-12(7-28-19)20(32)29-10-23(15,4)13-5-6-14(25)16(24)17(13)26/h5-7,11H,8-10H2,1-4H3,(H,28,30)(H,29,32)/t23-/m1/s1. The number of anilines is 1. The molecule has 1 aromatic heterocycles. The molecule has 7 nitrogen and oxygen atoms in total. The van der Waals surface area contributed by atoms with E-state index in [2.05, 4.69) is 15.6 Å². The average molecular weight is 497 g/mol. The number of hydrogen-bond donors (Lipinski definition) is 2. The number of benzene rings is 1. The number of fused-ring (bicyclic) bond motifs is 1. The van der Waals surface area contributed by atoms with Gasteiger partial charge in [0, 0.05) is 42.4 Å². The van der Waals surface area contributed by atoms with Crippen molar-refractivity contribution >= 4 is 29.4 Å². The molecule has 0 spiro atoms. The Bertz CT molecular complexity index is 1180. The van der Waals surface area contributed by atoms with Gasteiger partial charge < -0.3 is 20.3 Å². The summed E-state index contributed by atoms with van der Waals surface area (Å²) in [4.78, 5) is 30.1. The van der Waals surface area contributed by atoms with E-state index in [9.17, 15) is 18.4 Å². The van der Waals surface area contributed by atoms with Gasteiger partial charge in [0.25, 0.3) is 5.91 Å². The van der Waals surface area contributed by atoms with Crippen LogP contribution in [0.15, 0.2) is 18.3 Å². The van der Waals surface area contributed by atoms with E-state index in [-0.39, 0.29) is 48.2 Å². The molecule has 3 heterocycles. The molecule has 2 amide bonds. The highest BCUT2D eigenvalue weighted by Gasteiger charge is 2.43. The highest BCUT2D eigenvalue weighted by atomic mass is 35.5. The highest BCUT2D eigenvalue weighted by Crippen LogP contribution is 2.42. The Hall–Kier alpha value is -3.01. The van der Waals surface area contributed by atoms with E-state index in [1.807, 2.05) is 0 Å². The third-order valence-corrected chi connectivity index (χ3v) is 6.27. The second kappa shape index (κ2) is 8.33. The Balaban J connectivity index is 1.63. The van der Waals surface area contributed by atoms with Crippen molar-refractivity contribution in [3.8, 4) is 0 Å². The molecule has 2 aromatic rings. The van der Waals surface area contributed by atoms with Crippen LogP contribution in [-0.2, 0) is 10.2 Å². The molecule has 1 atom stereocenters. The third-order valence-electron chi connectivity index (χ3n) is 5.92. The smallest absolute Gasteiger partial charge is 0.410 e. The summed E-state index contributed by atoms with van der Waals surface area (Å²) in [5, 5.41) is 4.84. The first-order valence-electron chi connectivity index (χ1n) is 10.7. The molecule has 1 fully saturated rings. The van der Waals surface area contributed by atoms with E-state index in [0.717, 1.165) is 6.07 Å². The maximum absolute atomic E-state index is 15.8. The van der Waals surface area contributed by atoms with E-state index in [0.29, 0.717) is 0 Å². The van der Waals surface area contributed by atoms with Crippen LogP contribution in [0.25, 0.3) is 0 Å². The van der Waals surface area contributed by atoms with Crippen molar-refractivity contribution in [3.63, 3.8) is 0 Å². The number of nitrogens with zero attached hydrogens (tertiary/aromatic N) is 2. The zero-order valence-electron chi connectivity index (χ0n) is 19.1. The van der Waals surface area contributed by atoms with Crippen LogP contribution in [0.1, 0.15) is 49.2 Å². The molecule has 11 heteroatoms. The number of pyridine rings is 1. The monoisotopic (exact) mass is 496 g/mol. The van der Waals surface area contributed by atoms with Gasteiger partial charge in [-0.25, -0.2) is 22.9 Å². The lowest BCUT2D eigenvalue weighted by molar-refractivity contribution is 0.0104. The maximum atomic E-state index is 15.8. The van der Waals surface area contributed by atoms with Crippen molar-refractivity contribution in [1.29, 1.82) is 0 Å². The molecular formula is C23H24ClF3N4O3. The minimum Gasteiger partial charge on any atom is -0.444 e. The molecule has 34 heavy (non-hydrogen) atoms. The van der Waals surface area contributed by atoms with E-state index in [1.165, 1.54) is 17.2 Å². The lowest BCUT2D eigenvalue weighted by atomic mass is 9.72. The summed E-state index contributed by atoms with van der Waals surface area (Å²) in [6.07, 6.45) is 0.734. The molecule has 2 N–H and O–H groups in total. The van der Waals surface area contributed by atoms with Crippen LogP contribution in [0, 0.1) is 17.5 Å². The minimum absolute atomic E-state index is 0.0550. The van der Waals surface area contributed by atoms with Crippen LogP contribution in [0.3, 0.4) is 0 Å². The van der Waals surface area contributed by atoms with Crippen molar-refractivity contribution in [2.45, 2.75) is 44.8 Å². The number of nitrogens with one attached hydrogen (secondary N) is 2. The normalized spacial score (nSPS) is 20.4. The van der Waals surface area contributed by atoms with Crippen LogP contribution in [0.5, 0.6) is 0 Å².